The number of rotatable bonds is 5. The standard InChI is InChI=1S/C22H28N2O2/c1-15-7-8-18(13-16(15)2)17(3)23-24-21(25)14-26-20-11-9-19(10-12-20)22(4,5)6/h7-13H,14H2,1-6H3,(H,24,25). The third-order valence-electron chi connectivity index (χ3n) is 4.36. The molecular formula is C22H28N2O2. The van der Waals surface area contributed by atoms with Crippen molar-refractivity contribution in [1.29, 1.82) is 0 Å². The number of nitrogens with one attached hydrogen (secondary N) is 1. The normalized spacial score (nSPS) is 12.0. The Morgan fingerprint density at radius 3 is 2.27 bits per heavy atom. The molecule has 2 aromatic rings. The van der Waals surface area contributed by atoms with Gasteiger partial charge in [0.1, 0.15) is 5.75 Å². The molecule has 0 fully saturated rings. The van der Waals surface area contributed by atoms with Crippen molar-refractivity contribution in [3.05, 3.63) is 64.7 Å². The summed E-state index contributed by atoms with van der Waals surface area (Å²) < 4.78 is 5.53. The van der Waals surface area contributed by atoms with Crippen molar-refractivity contribution >= 4 is 11.6 Å². The molecule has 0 heterocycles. The van der Waals surface area contributed by atoms with E-state index in [4.69, 9.17) is 4.74 Å². The maximum Gasteiger partial charge on any atom is 0.277 e. The van der Waals surface area contributed by atoms with Crippen LogP contribution in [0.4, 0.5) is 0 Å². The van der Waals surface area contributed by atoms with Gasteiger partial charge in [0.05, 0.1) is 5.71 Å². The Kier molecular flexibility index (Phi) is 6.19. The number of hydrogen-bond donors (Lipinski definition) is 1. The van der Waals surface area contributed by atoms with Crippen molar-refractivity contribution in [1.82, 2.24) is 5.43 Å². The van der Waals surface area contributed by atoms with Crippen LogP contribution in [0, 0.1) is 13.8 Å². The topological polar surface area (TPSA) is 50.7 Å². The molecule has 138 valence electrons. The Bertz CT molecular complexity index is 800. The first-order valence-electron chi connectivity index (χ1n) is 8.81. The number of nitrogens with zero attached hydrogens (tertiary/aromatic N) is 1. The molecule has 2 aromatic carbocycles. The second-order valence-corrected chi connectivity index (χ2v) is 7.59. The van der Waals surface area contributed by atoms with Crippen LogP contribution in [0.1, 0.15) is 49.9 Å². The van der Waals surface area contributed by atoms with E-state index in [9.17, 15) is 4.79 Å². The van der Waals surface area contributed by atoms with Gasteiger partial charge < -0.3 is 4.74 Å². The minimum absolute atomic E-state index is 0.0709. The van der Waals surface area contributed by atoms with E-state index >= 15 is 0 Å². The Labute approximate surface area is 156 Å². The Balaban J connectivity index is 1.89. The van der Waals surface area contributed by atoms with Crippen molar-refractivity contribution in [2.75, 3.05) is 6.61 Å². The Morgan fingerprint density at radius 1 is 1.04 bits per heavy atom. The zero-order valence-electron chi connectivity index (χ0n) is 16.5. The molecule has 0 aliphatic rings. The largest absolute Gasteiger partial charge is 0.484 e. The zero-order valence-corrected chi connectivity index (χ0v) is 16.5. The monoisotopic (exact) mass is 352 g/mol. The highest BCUT2D eigenvalue weighted by atomic mass is 16.5. The number of hydrogen-bond acceptors (Lipinski definition) is 3. The molecule has 0 saturated heterocycles. The van der Waals surface area contributed by atoms with E-state index in [1.165, 1.54) is 16.7 Å². The van der Waals surface area contributed by atoms with E-state index in [0.717, 1.165) is 11.3 Å². The van der Waals surface area contributed by atoms with Gasteiger partial charge in [0, 0.05) is 0 Å². The number of carbonyl (C=O) groups excluding carboxylic acids is 1. The van der Waals surface area contributed by atoms with E-state index in [1.54, 1.807) is 0 Å². The number of ether oxygens (including phenoxy) is 1. The smallest absolute Gasteiger partial charge is 0.277 e. The molecule has 0 aliphatic heterocycles. The maximum atomic E-state index is 12.0. The van der Waals surface area contributed by atoms with Gasteiger partial charge in [-0.3, -0.25) is 4.79 Å². The van der Waals surface area contributed by atoms with E-state index in [0.29, 0.717) is 5.75 Å². The average Bonchev–Trinajstić information content (AvgIpc) is 2.59. The van der Waals surface area contributed by atoms with Crippen LogP contribution < -0.4 is 10.2 Å². The van der Waals surface area contributed by atoms with Crippen molar-refractivity contribution in [3.63, 3.8) is 0 Å². The maximum absolute atomic E-state index is 12.0. The molecular weight excluding hydrogens is 324 g/mol. The lowest BCUT2D eigenvalue weighted by Crippen LogP contribution is -2.25. The lowest BCUT2D eigenvalue weighted by molar-refractivity contribution is -0.123. The predicted octanol–water partition coefficient (Wildman–Crippen LogP) is 4.52. The van der Waals surface area contributed by atoms with Crippen molar-refractivity contribution in [3.8, 4) is 5.75 Å². The minimum Gasteiger partial charge on any atom is -0.484 e. The molecule has 4 heteroatoms. The summed E-state index contributed by atoms with van der Waals surface area (Å²) in [7, 11) is 0. The second kappa shape index (κ2) is 8.17. The van der Waals surface area contributed by atoms with Crippen LogP contribution in [-0.2, 0) is 10.2 Å². The van der Waals surface area contributed by atoms with E-state index in [-0.39, 0.29) is 17.9 Å². The Morgan fingerprint density at radius 2 is 1.69 bits per heavy atom. The fourth-order valence-corrected chi connectivity index (χ4v) is 2.41. The molecule has 0 radical (unpaired) electrons. The lowest BCUT2D eigenvalue weighted by Gasteiger charge is -2.19. The molecule has 0 aromatic heterocycles. The highest BCUT2D eigenvalue weighted by molar-refractivity contribution is 5.99. The molecule has 1 amide bonds. The molecule has 0 bridgehead atoms. The molecule has 0 spiro atoms. The van der Waals surface area contributed by atoms with Crippen LogP contribution in [0.3, 0.4) is 0 Å². The molecule has 0 aliphatic carbocycles. The van der Waals surface area contributed by atoms with Gasteiger partial charge in [-0.05, 0) is 66.6 Å². The summed E-state index contributed by atoms with van der Waals surface area (Å²) in [6.45, 7) is 12.4. The van der Waals surface area contributed by atoms with Crippen molar-refractivity contribution in [2.45, 2.75) is 47.0 Å². The van der Waals surface area contributed by atoms with E-state index in [1.807, 2.05) is 37.3 Å². The highest BCUT2D eigenvalue weighted by Crippen LogP contribution is 2.24. The number of carbonyl (C=O) groups is 1. The highest BCUT2D eigenvalue weighted by Gasteiger charge is 2.13. The van der Waals surface area contributed by atoms with Gasteiger partial charge in [-0.1, -0.05) is 45.0 Å². The van der Waals surface area contributed by atoms with Gasteiger partial charge in [0.2, 0.25) is 0 Å². The number of aryl methyl sites for hydroxylation is 2. The van der Waals surface area contributed by atoms with Crippen LogP contribution in [0.25, 0.3) is 0 Å². The lowest BCUT2D eigenvalue weighted by atomic mass is 9.87. The summed E-state index contributed by atoms with van der Waals surface area (Å²) in [6.07, 6.45) is 0. The van der Waals surface area contributed by atoms with Crippen molar-refractivity contribution < 1.29 is 9.53 Å². The summed E-state index contributed by atoms with van der Waals surface area (Å²) in [5.74, 6) is 0.385. The number of benzene rings is 2. The van der Waals surface area contributed by atoms with Crippen LogP contribution in [0.15, 0.2) is 47.6 Å². The van der Waals surface area contributed by atoms with Crippen LogP contribution >= 0.6 is 0 Å². The summed E-state index contributed by atoms with van der Waals surface area (Å²) in [5, 5.41) is 4.16. The van der Waals surface area contributed by atoms with Crippen molar-refractivity contribution in [2.24, 2.45) is 5.10 Å². The van der Waals surface area contributed by atoms with Gasteiger partial charge in [-0.15, -0.1) is 0 Å². The summed E-state index contributed by atoms with van der Waals surface area (Å²) in [4.78, 5) is 12.0. The second-order valence-electron chi connectivity index (χ2n) is 7.59. The Hall–Kier alpha value is -2.62. The quantitative estimate of drug-likeness (QED) is 0.635. The predicted molar refractivity (Wildman–Crippen MR) is 107 cm³/mol. The zero-order chi connectivity index (χ0) is 19.3. The number of amides is 1. The summed E-state index contributed by atoms with van der Waals surface area (Å²) in [5.41, 5.74) is 8.05. The van der Waals surface area contributed by atoms with Crippen LogP contribution in [0.5, 0.6) is 5.75 Å². The molecule has 0 unspecified atom stereocenters. The SMILES string of the molecule is CC(=NNC(=O)COc1ccc(C(C)(C)C)cc1)c1ccc(C)c(C)c1. The first-order chi connectivity index (χ1) is 12.2. The van der Waals surface area contributed by atoms with E-state index in [2.05, 4.69) is 57.3 Å². The number of hydrazone groups is 1. The third-order valence-corrected chi connectivity index (χ3v) is 4.36. The van der Waals surface area contributed by atoms with Gasteiger partial charge in [-0.25, -0.2) is 5.43 Å². The molecule has 26 heavy (non-hydrogen) atoms. The first-order valence-corrected chi connectivity index (χ1v) is 8.81. The fraction of sp³-hybridized carbons (Fsp3) is 0.364. The van der Waals surface area contributed by atoms with Gasteiger partial charge in [0.25, 0.3) is 5.91 Å². The van der Waals surface area contributed by atoms with Crippen LogP contribution in [-0.4, -0.2) is 18.2 Å². The van der Waals surface area contributed by atoms with E-state index < -0.39 is 0 Å². The van der Waals surface area contributed by atoms with Crippen LogP contribution in [0.2, 0.25) is 0 Å². The van der Waals surface area contributed by atoms with Gasteiger partial charge in [-0.2, -0.15) is 5.10 Å². The summed E-state index contributed by atoms with van der Waals surface area (Å²) >= 11 is 0. The molecule has 4 nitrogen and oxygen atoms in total. The first kappa shape index (κ1) is 19.7. The van der Waals surface area contributed by atoms with Gasteiger partial charge in [0.15, 0.2) is 6.61 Å². The molecule has 0 atom stereocenters. The molecule has 1 N–H and O–H groups in total. The minimum atomic E-state index is -0.284. The third kappa shape index (κ3) is 5.45. The fourth-order valence-electron chi connectivity index (χ4n) is 2.41. The average molecular weight is 352 g/mol. The summed E-state index contributed by atoms with van der Waals surface area (Å²) in [6, 6.07) is 13.9. The molecule has 0 saturated carbocycles. The van der Waals surface area contributed by atoms with Gasteiger partial charge >= 0.3 is 0 Å². The molecule has 2 rings (SSSR count).